The summed E-state index contributed by atoms with van der Waals surface area (Å²) >= 11 is 0. The minimum absolute atomic E-state index is 0.313. The van der Waals surface area contributed by atoms with E-state index in [1.165, 1.54) is 12.4 Å². The smallest absolute Gasteiger partial charge is 0.341 e. The second kappa shape index (κ2) is 6.23. The fraction of sp³-hybridized carbons (Fsp3) is 0.0667. The van der Waals surface area contributed by atoms with Crippen molar-refractivity contribution in [1.29, 1.82) is 0 Å². The first-order valence-electron chi connectivity index (χ1n) is 5.93. The Hall–Kier alpha value is -2.60. The molecule has 0 fully saturated rings. The molecule has 4 nitrogen and oxygen atoms in total. The average molecular weight is 291 g/mol. The number of carbonyl (C=O) groups is 1. The molecule has 2 aromatic rings. The lowest BCUT2D eigenvalue weighted by Gasteiger charge is -2.13. The second-order valence-corrected chi connectivity index (χ2v) is 4.18. The summed E-state index contributed by atoms with van der Waals surface area (Å²) in [5, 5.41) is 9.95. The summed E-state index contributed by atoms with van der Waals surface area (Å²) in [4.78, 5) is 15.6. The molecular formula is C15H11F2NO3. The first-order valence-corrected chi connectivity index (χ1v) is 5.93. The van der Waals surface area contributed by atoms with E-state index < -0.39 is 29.5 Å². The van der Waals surface area contributed by atoms with Crippen LogP contribution in [0.2, 0.25) is 0 Å². The van der Waals surface area contributed by atoms with E-state index >= 15 is 0 Å². The van der Waals surface area contributed by atoms with Crippen LogP contribution >= 0.6 is 0 Å². The molecule has 1 aromatic carbocycles. The summed E-state index contributed by atoms with van der Waals surface area (Å²) in [6.07, 6.45) is 1.51. The Kier molecular flexibility index (Phi) is 4.39. The molecule has 2 rings (SSSR count). The van der Waals surface area contributed by atoms with Crippen LogP contribution in [0.25, 0.3) is 0 Å². The van der Waals surface area contributed by atoms with E-state index in [0.717, 1.165) is 18.2 Å². The molecule has 0 saturated heterocycles. The Morgan fingerprint density at radius 1 is 1.33 bits per heavy atom. The number of ether oxygens (including phenoxy) is 1. The van der Waals surface area contributed by atoms with Crippen LogP contribution in [0.4, 0.5) is 8.78 Å². The number of aliphatic hydroxyl groups excluding tert-OH is 1. The fourth-order valence-electron chi connectivity index (χ4n) is 1.57. The number of hydrogen-bond acceptors (Lipinski definition) is 4. The topological polar surface area (TPSA) is 59.4 Å². The molecule has 0 saturated carbocycles. The van der Waals surface area contributed by atoms with Crippen LogP contribution in [-0.4, -0.2) is 16.1 Å². The lowest BCUT2D eigenvalue weighted by atomic mass is 10.1. The Morgan fingerprint density at radius 2 is 2.10 bits per heavy atom. The lowest BCUT2D eigenvalue weighted by molar-refractivity contribution is -0.131. The summed E-state index contributed by atoms with van der Waals surface area (Å²) in [6, 6.07) is 5.57. The van der Waals surface area contributed by atoms with Crippen molar-refractivity contribution < 1.29 is 23.4 Å². The first-order chi connectivity index (χ1) is 9.99. The quantitative estimate of drug-likeness (QED) is 0.534. The standard InChI is InChI=1S/C15H11F2NO3/c1-9(14(19)10-3-2-6-18-8-10)15(20)21-13-7-11(16)4-5-12(13)17/h2-8,14,19H,1H2. The van der Waals surface area contributed by atoms with Gasteiger partial charge in [-0.25, -0.2) is 13.6 Å². The number of nitrogens with zero attached hydrogens (tertiary/aromatic N) is 1. The molecule has 0 radical (unpaired) electrons. The molecule has 1 N–H and O–H groups in total. The van der Waals surface area contributed by atoms with Gasteiger partial charge in [0, 0.05) is 24.0 Å². The van der Waals surface area contributed by atoms with Gasteiger partial charge in [0.25, 0.3) is 0 Å². The molecule has 0 aliphatic rings. The molecule has 1 heterocycles. The molecule has 108 valence electrons. The number of carbonyl (C=O) groups excluding carboxylic acids is 1. The number of aliphatic hydroxyl groups is 1. The molecule has 1 aromatic heterocycles. The van der Waals surface area contributed by atoms with Crippen molar-refractivity contribution in [2.45, 2.75) is 6.10 Å². The number of hydrogen-bond donors (Lipinski definition) is 1. The summed E-state index contributed by atoms with van der Waals surface area (Å²) < 4.78 is 31.1. The van der Waals surface area contributed by atoms with Crippen LogP contribution in [0.15, 0.2) is 54.9 Å². The minimum atomic E-state index is -1.34. The largest absolute Gasteiger partial charge is 0.420 e. The molecule has 0 spiro atoms. The van der Waals surface area contributed by atoms with Gasteiger partial charge in [-0.3, -0.25) is 4.98 Å². The third-order valence-corrected chi connectivity index (χ3v) is 2.69. The Labute approximate surface area is 119 Å². The van der Waals surface area contributed by atoms with E-state index in [-0.39, 0.29) is 5.57 Å². The zero-order chi connectivity index (χ0) is 15.4. The summed E-state index contributed by atoms with van der Waals surface area (Å²) in [6.45, 7) is 3.41. The van der Waals surface area contributed by atoms with E-state index in [2.05, 4.69) is 11.6 Å². The molecule has 0 aliphatic carbocycles. The van der Waals surface area contributed by atoms with E-state index in [1.807, 2.05) is 0 Å². The van der Waals surface area contributed by atoms with Crippen LogP contribution < -0.4 is 4.74 Å². The van der Waals surface area contributed by atoms with Gasteiger partial charge in [-0.05, 0) is 18.2 Å². The van der Waals surface area contributed by atoms with Gasteiger partial charge >= 0.3 is 5.97 Å². The Morgan fingerprint density at radius 3 is 2.76 bits per heavy atom. The summed E-state index contributed by atoms with van der Waals surface area (Å²) in [7, 11) is 0. The monoisotopic (exact) mass is 291 g/mol. The van der Waals surface area contributed by atoms with Crippen molar-refractivity contribution in [2.24, 2.45) is 0 Å². The van der Waals surface area contributed by atoms with Gasteiger partial charge in [0.1, 0.15) is 11.9 Å². The van der Waals surface area contributed by atoms with Crippen LogP contribution in [0.1, 0.15) is 11.7 Å². The number of rotatable bonds is 4. The normalized spacial score (nSPS) is 11.8. The summed E-state index contributed by atoms with van der Waals surface area (Å²) in [5.41, 5.74) is 0.0193. The van der Waals surface area contributed by atoms with E-state index in [4.69, 9.17) is 4.74 Å². The predicted molar refractivity (Wildman–Crippen MR) is 70.3 cm³/mol. The minimum Gasteiger partial charge on any atom is -0.420 e. The highest BCUT2D eigenvalue weighted by Gasteiger charge is 2.21. The highest BCUT2D eigenvalue weighted by molar-refractivity contribution is 5.90. The van der Waals surface area contributed by atoms with Gasteiger partial charge in [-0.15, -0.1) is 0 Å². The third-order valence-electron chi connectivity index (χ3n) is 2.69. The van der Waals surface area contributed by atoms with E-state index in [1.54, 1.807) is 12.1 Å². The van der Waals surface area contributed by atoms with Crippen molar-refractivity contribution in [3.63, 3.8) is 0 Å². The van der Waals surface area contributed by atoms with Crippen molar-refractivity contribution in [3.05, 3.63) is 72.1 Å². The van der Waals surface area contributed by atoms with Crippen LogP contribution in [0.5, 0.6) is 5.75 Å². The summed E-state index contributed by atoms with van der Waals surface area (Å²) in [5.74, 6) is -3.28. The number of esters is 1. The number of benzene rings is 1. The van der Waals surface area contributed by atoms with Gasteiger partial charge in [-0.1, -0.05) is 12.6 Å². The molecule has 0 bridgehead atoms. The number of pyridine rings is 1. The fourth-order valence-corrected chi connectivity index (χ4v) is 1.57. The van der Waals surface area contributed by atoms with E-state index in [9.17, 15) is 18.7 Å². The molecule has 1 atom stereocenters. The van der Waals surface area contributed by atoms with Gasteiger partial charge in [0.15, 0.2) is 11.6 Å². The molecule has 0 aliphatic heterocycles. The van der Waals surface area contributed by atoms with Crippen LogP contribution in [0, 0.1) is 11.6 Å². The Bertz CT molecular complexity index is 674. The van der Waals surface area contributed by atoms with Gasteiger partial charge in [-0.2, -0.15) is 0 Å². The van der Waals surface area contributed by atoms with Gasteiger partial charge in [0.05, 0.1) is 5.57 Å². The Balaban J connectivity index is 2.13. The van der Waals surface area contributed by atoms with Crippen molar-refractivity contribution in [1.82, 2.24) is 4.98 Å². The molecule has 6 heteroatoms. The maximum absolute atomic E-state index is 13.4. The average Bonchev–Trinajstić information content (AvgIpc) is 2.50. The first kappa shape index (κ1) is 14.8. The van der Waals surface area contributed by atoms with Gasteiger partial charge in [0.2, 0.25) is 0 Å². The SMILES string of the molecule is C=C(C(=O)Oc1cc(F)ccc1F)C(O)c1cccnc1. The number of halogens is 2. The second-order valence-electron chi connectivity index (χ2n) is 4.18. The molecule has 0 amide bonds. The predicted octanol–water partition coefficient (Wildman–Crippen LogP) is 2.56. The maximum atomic E-state index is 13.4. The van der Waals surface area contributed by atoms with Crippen molar-refractivity contribution in [2.75, 3.05) is 0 Å². The van der Waals surface area contributed by atoms with Crippen LogP contribution in [-0.2, 0) is 4.79 Å². The third kappa shape index (κ3) is 3.49. The molecular weight excluding hydrogens is 280 g/mol. The van der Waals surface area contributed by atoms with Gasteiger partial charge < -0.3 is 9.84 Å². The molecule has 1 unspecified atom stereocenters. The van der Waals surface area contributed by atoms with Crippen molar-refractivity contribution in [3.8, 4) is 5.75 Å². The highest BCUT2D eigenvalue weighted by atomic mass is 19.1. The van der Waals surface area contributed by atoms with Crippen LogP contribution in [0.3, 0.4) is 0 Å². The zero-order valence-electron chi connectivity index (χ0n) is 10.8. The lowest BCUT2D eigenvalue weighted by Crippen LogP contribution is -2.17. The highest BCUT2D eigenvalue weighted by Crippen LogP contribution is 2.23. The number of aromatic nitrogens is 1. The maximum Gasteiger partial charge on any atom is 0.341 e. The van der Waals surface area contributed by atoms with E-state index in [0.29, 0.717) is 5.56 Å². The zero-order valence-corrected chi connectivity index (χ0v) is 10.8. The van der Waals surface area contributed by atoms with Crippen molar-refractivity contribution >= 4 is 5.97 Å². The molecule has 21 heavy (non-hydrogen) atoms.